The van der Waals surface area contributed by atoms with E-state index >= 15 is 0 Å². The molecule has 1 atom stereocenters. The Morgan fingerprint density at radius 3 is 2.52 bits per heavy atom. The van der Waals surface area contributed by atoms with Crippen molar-refractivity contribution >= 4 is 29.2 Å². The number of halogens is 1. The number of anilines is 2. The van der Waals surface area contributed by atoms with E-state index in [1.54, 1.807) is 24.3 Å². The summed E-state index contributed by atoms with van der Waals surface area (Å²) in [5.74, 6) is -0.693. The molecular formula is C25H28FN3O4. The number of nitrogens with zero attached hydrogens (tertiary/aromatic N) is 2. The van der Waals surface area contributed by atoms with Crippen LogP contribution in [0.15, 0.2) is 48.5 Å². The molecule has 1 saturated carbocycles. The first-order valence-electron chi connectivity index (χ1n) is 11.4. The molecule has 1 aliphatic carbocycles. The van der Waals surface area contributed by atoms with Crippen molar-refractivity contribution in [1.82, 2.24) is 4.90 Å². The molecule has 2 aliphatic rings. The Kier molecular flexibility index (Phi) is 6.91. The molecule has 8 heteroatoms. The fraction of sp³-hybridized carbons (Fsp3) is 0.400. The second-order valence-electron chi connectivity index (χ2n) is 8.42. The molecule has 1 N–H and O–H groups in total. The average Bonchev–Trinajstić information content (AvgIpc) is 3.40. The Morgan fingerprint density at radius 2 is 1.85 bits per heavy atom. The highest BCUT2D eigenvalue weighted by molar-refractivity contribution is 6.22. The predicted molar refractivity (Wildman–Crippen MR) is 123 cm³/mol. The number of amides is 4. The molecule has 1 saturated heterocycles. The summed E-state index contributed by atoms with van der Waals surface area (Å²) in [7, 11) is 0. The second-order valence-corrected chi connectivity index (χ2v) is 8.42. The maximum absolute atomic E-state index is 13.8. The standard InChI is InChI=1S/C25H28FN3O4/c1-2-14-33-21-12-10-18(11-13-21)27-23(30)16-22-24(31)29(20-9-5-6-17(26)15-20)25(32)28(22)19-7-3-4-8-19/h5-6,9-13,15,19,22H,2-4,7-8,14,16H2,1H3,(H,27,30). The zero-order valence-corrected chi connectivity index (χ0v) is 18.6. The van der Waals surface area contributed by atoms with Crippen LogP contribution in [-0.2, 0) is 9.59 Å². The van der Waals surface area contributed by atoms with E-state index in [2.05, 4.69) is 5.32 Å². The van der Waals surface area contributed by atoms with Gasteiger partial charge in [-0.25, -0.2) is 14.1 Å². The summed E-state index contributed by atoms with van der Waals surface area (Å²) in [4.78, 5) is 41.9. The predicted octanol–water partition coefficient (Wildman–Crippen LogP) is 4.72. The molecule has 1 heterocycles. The lowest BCUT2D eigenvalue weighted by molar-refractivity contribution is -0.124. The van der Waals surface area contributed by atoms with Crippen molar-refractivity contribution in [2.75, 3.05) is 16.8 Å². The molecular weight excluding hydrogens is 425 g/mol. The fourth-order valence-corrected chi connectivity index (χ4v) is 4.48. The number of benzene rings is 2. The van der Waals surface area contributed by atoms with Gasteiger partial charge in [-0.3, -0.25) is 9.59 Å². The van der Waals surface area contributed by atoms with Crippen molar-refractivity contribution in [1.29, 1.82) is 0 Å². The highest BCUT2D eigenvalue weighted by atomic mass is 19.1. The van der Waals surface area contributed by atoms with E-state index in [-0.39, 0.29) is 24.1 Å². The van der Waals surface area contributed by atoms with Gasteiger partial charge in [-0.15, -0.1) is 0 Å². The Hall–Kier alpha value is -3.42. The number of ether oxygens (including phenoxy) is 1. The normalized spacial score (nSPS) is 18.8. The Labute approximate surface area is 192 Å². The monoisotopic (exact) mass is 453 g/mol. The third-order valence-corrected chi connectivity index (χ3v) is 6.03. The highest BCUT2D eigenvalue weighted by Gasteiger charge is 2.49. The van der Waals surface area contributed by atoms with Crippen molar-refractivity contribution < 1.29 is 23.5 Å². The molecule has 4 rings (SSSR count). The van der Waals surface area contributed by atoms with Gasteiger partial charge in [-0.2, -0.15) is 0 Å². The summed E-state index contributed by atoms with van der Waals surface area (Å²) < 4.78 is 19.3. The molecule has 0 aromatic heterocycles. The fourth-order valence-electron chi connectivity index (χ4n) is 4.48. The number of nitrogens with one attached hydrogen (secondary N) is 1. The average molecular weight is 454 g/mol. The van der Waals surface area contributed by atoms with Crippen molar-refractivity contribution in [3.63, 3.8) is 0 Å². The first-order valence-corrected chi connectivity index (χ1v) is 11.4. The SMILES string of the molecule is CCCOc1ccc(NC(=O)CC2C(=O)N(c3cccc(F)c3)C(=O)N2C2CCCC2)cc1. The summed E-state index contributed by atoms with van der Waals surface area (Å²) >= 11 is 0. The molecule has 1 unspecified atom stereocenters. The van der Waals surface area contributed by atoms with Gasteiger partial charge in [0.25, 0.3) is 5.91 Å². The number of hydrogen-bond donors (Lipinski definition) is 1. The van der Waals surface area contributed by atoms with E-state index in [0.29, 0.717) is 18.0 Å². The summed E-state index contributed by atoms with van der Waals surface area (Å²) in [6.07, 6.45) is 4.24. The van der Waals surface area contributed by atoms with Crippen LogP contribution in [0.1, 0.15) is 45.4 Å². The number of carbonyl (C=O) groups is 3. The Bertz CT molecular complexity index is 1020. The van der Waals surface area contributed by atoms with Crippen LogP contribution in [0, 0.1) is 5.82 Å². The highest BCUT2D eigenvalue weighted by Crippen LogP contribution is 2.34. The molecule has 2 fully saturated rings. The van der Waals surface area contributed by atoms with Crippen LogP contribution in [-0.4, -0.2) is 41.4 Å². The van der Waals surface area contributed by atoms with Crippen LogP contribution in [0.25, 0.3) is 0 Å². The number of carbonyl (C=O) groups excluding carboxylic acids is 3. The molecule has 7 nitrogen and oxygen atoms in total. The van der Waals surface area contributed by atoms with Gasteiger partial charge in [0, 0.05) is 11.7 Å². The van der Waals surface area contributed by atoms with E-state index in [4.69, 9.17) is 4.74 Å². The minimum atomic E-state index is -0.920. The van der Waals surface area contributed by atoms with E-state index < -0.39 is 23.8 Å². The van der Waals surface area contributed by atoms with Gasteiger partial charge in [0.1, 0.15) is 17.6 Å². The molecule has 2 aromatic carbocycles. The number of rotatable bonds is 8. The first-order chi connectivity index (χ1) is 16.0. The van der Waals surface area contributed by atoms with Gasteiger partial charge in [0.05, 0.1) is 18.7 Å². The summed E-state index contributed by atoms with van der Waals surface area (Å²) in [6, 6.07) is 10.9. The molecule has 0 spiro atoms. The van der Waals surface area contributed by atoms with Crippen LogP contribution in [0.3, 0.4) is 0 Å². The number of urea groups is 1. The third kappa shape index (κ3) is 4.99. The third-order valence-electron chi connectivity index (χ3n) is 6.03. The van der Waals surface area contributed by atoms with E-state index in [9.17, 15) is 18.8 Å². The minimum Gasteiger partial charge on any atom is -0.494 e. The molecule has 1 aliphatic heterocycles. The molecule has 0 radical (unpaired) electrons. The quantitative estimate of drug-likeness (QED) is 0.587. The lowest BCUT2D eigenvalue weighted by atomic mass is 10.1. The van der Waals surface area contributed by atoms with Crippen LogP contribution >= 0.6 is 0 Å². The number of hydrogen-bond acceptors (Lipinski definition) is 4. The van der Waals surface area contributed by atoms with Gasteiger partial charge >= 0.3 is 6.03 Å². The van der Waals surface area contributed by atoms with Crippen molar-refractivity contribution in [2.45, 2.75) is 57.5 Å². The topological polar surface area (TPSA) is 79.0 Å². The smallest absolute Gasteiger partial charge is 0.332 e. The summed E-state index contributed by atoms with van der Waals surface area (Å²) in [5.41, 5.74) is 0.758. The van der Waals surface area contributed by atoms with Crippen LogP contribution in [0.2, 0.25) is 0 Å². The summed E-state index contributed by atoms with van der Waals surface area (Å²) in [6.45, 7) is 2.64. The van der Waals surface area contributed by atoms with E-state index in [1.165, 1.54) is 23.1 Å². The summed E-state index contributed by atoms with van der Waals surface area (Å²) in [5, 5.41) is 2.80. The number of imide groups is 1. The maximum atomic E-state index is 13.8. The first kappa shape index (κ1) is 22.8. The van der Waals surface area contributed by atoms with Crippen LogP contribution in [0.5, 0.6) is 5.75 Å². The molecule has 4 amide bonds. The molecule has 33 heavy (non-hydrogen) atoms. The van der Waals surface area contributed by atoms with Gasteiger partial charge < -0.3 is 15.0 Å². The Balaban J connectivity index is 1.50. The van der Waals surface area contributed by atoms with Crippen LogP contribution < -0.4 is 15.0 Å². The van der Waals surface area contributed by atoms with Crippen molar-refractivity contribution in [2.24, 2.45) is 0 Å². The minimum absolute atomic E-state index is 0.104. The molecule has 174 valence electrons. The van der Waals surface area contributed by atoms with Gasteiger partial charge in [-0.05, 0) is 61.7 Å². The second kappa shape index (κ2) is 10.0. The zero-order valence-electron chi connectivity index (χ0n) is 18.6. The lowest BCUT2D eigenvalue weighted by Crippen LogP contribution is -2.43. The van der Waals surface area contributed by atoms with Gasteiger partial charge in [-0.1, -0.05) is 25.8 Å². The Morgan fingerprint density at radius 1 is 1.12 bits per heavy atom. The maximum Gasteiger partial charge on any atom is 0.332 e. The molecule has 0 bridgehead atoms. The van der Waals surface area contributed by atoms with E-state index in [1.807, 2.05) is 6.92 Å². The van der Waals surface area contributed by atoms with Crippen molar-refractivity contribution in [3.05, 3.63) is 54.3 Å². The van der Waals surface area contributed by atoms with E-state index in [0.717, 1.165) is 43.1 Å². The molecule has 2 aromatic rings. The lowest BCUT2D eigenvalue weighted by Gasteiger charge is -2.27. The van der Waals surface area contributed by atoms with Crippen LogP contribution in [0.4, 0.5) is 20.6 Å². The van der Waals surface area contributed by atoms with Gasteiger partial charge in [0.15, 0.2) is 0 Å². The van der Waals surface area contributed by atoms with Gasteiger partial charge in [0.2, 0.25) is 5.91 Å². The van der Waals surface area contributed by atoms with Crippen molar-refractivity contribution in [3.8, 4) is 5.75 Å². The zero-order chi connectivity index (χ0) is 23.4. The largest absolute Gasteiger partial charge is 0.494 e.